The number of rotatable bonds is 2. The normalized spacial score (nSPS) is 29.8. The van der Waals surface area contributed by atoms with Gasteiger partial charge in [-0.1, -0.05) is 6.92 Å². The Balaban J connectivity index is 2.06. The molecule has 4 atom stereocenters. The molecular formula is C14H17N3O2. The minimum atomic E-state index is -0.174. The molecule has 1 amide bonds. The third kappa shape index (κ3) is 2.74. The maximum Gasteiger partial charge on any atom is 0.231 e. The monoisotopic (exact) mass is 259 g/mol. The van der Waals surface area contributed by atoms with Gasteiger partial charge in [-0.3, -0.25) is 4.79 Å². The minimum absolute atomic E-state index is 0.0819. The molecule has 1 saturated heterocycles. The van der Waals surface area contributed by atoms with Crippen molar-refractivity contribution in [2.45, 2.75) is 33.0 Å². The van der Waals surface area contributed by atoms with Gasteiger partial charge >= 0.3 is 0 Å². The fourth-order valence-corrected chi connectivity index (χ4v) is 2.46. The van der Waals surface area contributed by atoms with Crippen molar-refractivity contribution in [2.75, 3.05) is 5.32 Å². The lowest BCUT2D eigenvalue weighted by Gasteiger charge is -2.17. The van der Waals surface area contributed by atoms with Crippen molar-refractivity contribution in [3.63, 3.8) is 0 Å². The minimum Gasteiger partial charge on any atom is -0.374 e. The van der Waals surface area contributed by atoms with E-state index >= 15 is 0 Å². The largest absolute Gasteiger partial charge is 0.374 e. The van der Waals surface area contributed by atoms with Crippen LogP contribution in [0.3, 0.4) is 0 Å². The summed E-state index contributed by atoms with van der Waals surface area (Å²) in [5.41, 5.74) is 0.470. The fraction of sp³-hybridized carbons (Fsp3) is 0.500. The summed E-state index contributed by atoms with van der Waals surface area (Å²) in [5, 5.41) is 11.5. The molecule has 2 heterocycles. The SMILES string of the molecule is CC1OC(C)C(C(=O)Nc2ccc(C#N)cn2)C1C. The molecule has 1 aromatic heterocycles. The Hall–Kier alpha value is -1.93. The van der Waals surface area contributed by atoms with Crippen LogP contribution in [0.15, 0.2) is 18.3 Å². The fourth-order valence-electron chi connectivity index (χ4n) is 2.46. The van der Waals surface area contributed by atoms with E-state index in [4.69, 9.17) is 10.00 Å². The summed E-state index contributed by atoms with van der Waals surface area (Å²) in [4.78, 5) is 16.3. The van der Waals surface area contributed by atoms with Gasteiger partial charge in [0.1, 0.15) is 11.9 Å². The van der Waals surface area contributed by atoms with Crippen LogP contribution in [0.2, 0.25) is 0 Å². The Kier molecular flexibility index (Phi) is 3.82. The highest BCUT2D eigenvalue weighted by atomic mass is 16.5. The Labute approximate surface area is 112 Å². The Morgan fingerprint density at radius 3 is 2.58 bits per heavy atom. The maximum absolute atomic E-state index is 12.2. The van der Waals surface area contributed by atoms with Gasteiger partial charge in [0, 0.05) is 6.20 Å². The van der Waals surface area contributed by atoms with Gasteiger partial charge in [0.15, 0.2) is 0 Å². The van der Waals surface area contributed by atoms with Crippen LogP contribution in [0.1, 0.15) is 26.3 Å². The van der Waals surface area contributed by atoms with E-state index in [2.05, 4.69) is 10.3 Å². The summed E-state index contributed by atoms with van der Waals surface area (Å²) < 4.78 is 5.66. The van der Waals surface area contributed by atoms with Gasteiger partial charge < -0.3 is 10.1 Å². The summed E-state index contributed by atoms with van der Waals surface area (Å²) in [6, 6.07) is 5.25. The molecule has 0 aromatic carbocycles. The van der Waals surface area contributed by atoms with Crippen LogP contribution >= 0.6 is 0 Å². The van der Waals surface area contributed by atoms with Gasteiger partial charge in [0.05, 0.1) is 23.7 Å². The van der Waals surface area contributed by atoms with E-state index in [9.17, 15) is 4.79 Å². The molecule has 1 N–H and O–H groups in total. The number of carbonyl (C=O) groups excluding carboxylic acids is 1. The summed E-state index contributed by atoms with van der Waals surface area (Å²) in [6.45, 7) is 5.91. The lowest BCUT2D eigenvalue weighted by atomic mass is 9.89. The molecule has 2 rings (SSSR count). The number of amides is 1. The van der Waals surface area contributed by atoms with Gasteiger partial charge in [0.25, 0.3) is 0 Å². The van der Waals surface area contributed by atoms with Crippen LogP contribution in [-0.2, 0) is 9.53 Å². The summed E-state index contributed by atoms with van der Waals surface area (Å²) in [7, 11) is 0. The Morgan fingerprint density at radius 1 is 1.37 bits per heavy atom. The number of carbonyl (C=O) groups is 1. The van der Waals surface area contributed by atoms with Crippen LogP contribution < -0.4 is 5.32 Å². The molecule has 1 aromatic rings. The van der Waals surface area contributed by atoms with Crippen molar-refractivity contribution in [1.82, 2.24) is 4.98 Å². The number of hydrogen-bond acceptors (Lipinski definition) is 4. The van der Waals surface area contributed by atoms with E-state index < -0.39 is 0 Å². The lowest BCUT2D eigenvalue weighted by molar-refractivity contribution is -0.122. The van der Waals surface area contributed by atoms with E-state index in [-0.39, 0.29) is 30.0 Å². The first-order valence-corrected chi connectivity index (χ1v) is 6.35. The molecular weight excluding hydrogens is 242 g/mol. The van der Waals surface area contributed by atoms with Crippen molar-refractivity contribution in [1.29, 1.82) is 5.26 Å². The zero-order chi connectivity index (χ0) is 14.0. The average molecular weight is 259 g/mol. The second-order valence-corrected chi connectivity index (χ2v) is 4.96. The van der Waals surface area contributed by atoms with E-state index in [0.717, 1.165) is 0 Å². The molecule has 5 nitrogen and oxygen atoms in total. The number of nitrogens with zero attached hydrogens (tertiary/aromatic N) is 2. The summed E-state index contributed by atoms with van der Waals surface area (Å²) >= 11 is 0. The number of aromatic nitrogens is 1. The third-order valence-corrected chi connectivity index (χ3v) is 3.69. The lowest BCUT2D eigenvalue weighted by Crippen LogP contribution is -2.32. The number of anilines is 1. The molecule has 1 fully saturated rings. The van der Waals surface area contributed by atoms with Crippen molar-refractivity contribution >= 4 is 11.7 Å². The van der Waals surface area contributed by atoms with Crippen molar-refractivity contribution < 1.29 is 9.53 Å². The van der Waals surface area contributed by atoms with Gasteiger partial charge in [-0.05, 0) is 31.9 Å². The van der Waals surface area contributed by atoms with E-state index in [1.54, 1.807) is 12.1 Å². The molecule has 0 aliphatic carbocycles. The first-order valence-electron chi connectivity index (χ1n) is 6.35. The van der Waals surface area contributed by atoms with Crippen molar-refractivity contribution in [2.24, 2.45) is 11.8 Å². The van der Waals surface area contributed by atoms with Crippen molar-refractivity contribution in [3.05, 3.63) is 23.9 Å². The second kappa shape index (κ2) is 5.37. The molecule has 0 saturated carbocycles. The average Bonchev–Trinajstić information content (AvgIpc) is 2.64. The van der Waals surface area contributed by atoms with Gasteiger partial charge in [0.2, 0.25) is 5.91 Å². The Bertz CT molecular complexity index is 506. The van der Waals surface area contributed by atoms with Crippen LogP contribution in [0, 0.1) is 23.2 Å². The van der Waals surface area contributed by atoms with E-state index in [0.29, 0.717) is 11.4 Å². The molecule has 19 heavy (non-hydrogen) atoms. The molecule has 0 bridgehead atoms. The topological polar surface area (TPSA) is 75.0 Å². The number of nitrogens with one attached hydrogen (secondary N) is 1. The first kappa shape index (κ1) is 13.5. The standard InChI is InChI=1S/C14H17N3O2/c1-8-9(2)19-10(3)13(8)14(18)17-12-5-4-11(6-15)7-16-12/h4-5,7-10,13H,1-3H3,(H,16,17,18). The molecule has 1 aliphatic rings. The highest BCUT2D eigenvalue weighted by molar-refractivity contribution is 5.92. The molecule has 0 radical (unpaired) electrons. The molecule has 4 unspecified atom stereocenters. The van der Waals surface area contributed by atoms with Crippen LogP contribution in [0.4, 0.5) is 5.82 Å². The van der Waals surface area contributed by atoms with Crippen LogP contribution in [0.25, 0.3) is 0 Å². The van der Waals surface area contributed by atoms with E-state index in [1.807, 2.05) is 26.8 Å². The summed E-state index contributed by atoms with van der Waals surface area (Å²) in [5.74, 6) is 0.380. The summed E-state index contributed by atoms with van der Waals surface area (Å²) in [6.07, 6.45) is 1.43. The molecule has 100 valence electrons. The highest BCUT2D eigenvalue weighted by Crippen LogP contribution is 2.32. The molecule has 5 heteroatoms. The predicted octanol–water partition coefficient (Wildman–Crippen LogP) is 1.95. The van der Waals surface area contributed by atoms with Gasteiger partial charge in [-0.2, -0.15) is 5.26 Å². The van der Waals surface area contributed by atoms with Gasteiger partial charge in [-0.15, -0.1) is 0 Å². The third-order valence-electron chi connectivity index (χ3n) is 3.69. The van der Waals surface area contributed by atoms with Gasteiger partial charge in [-0.25, -0.2) is 4.98 Å². The Morgan fingerprint density at radius 2 is 2.11 bits per heavy atom. The predicted molar refractivity (Wildman–Crippen MR) is 70.2 cm³/mol. The number of hydrogen-bond donors (Lipinski definition) is 1. The van der Waals surface area contributed by atoms with Crippen LogP contribution in [0.5, 0.6) is 0 Å². The smallest absolute Gasteiger partial charge is 0.231 e. The highest BCUT2D eigenvalue weighted by Gasteiger charge is 2.41. The quantitative estimate of drug-likeness (QED) is 0.880. The maximum atomic E-state index is 12.2. The molecule has 0 spiro atoms. The second-order valence-electron chi connectivity index (χ2n) is 4.96. The molecule has 1 aliphatic heterocycles. The number of ether oxygens (including phenoxy) is 1. The van der Waals surface area contributed by atoms with Crippen LogP contribution in [-0.4, -0.2) is 23.1 Å². The van der Waals surface area contributed by atoms with E-state index in [1.165, 1.54) is 6.20 Å². The number of nitriles is 1. The zero-order valence-corrected chi connectivity index (χ0v) is 11.3. The zero-order valence-electron chi connectivity index (χ0n) is 11.3. The van der Waals surface area contributed by atoms with Crippen molar-refractivity contribution in [3.8, 4) is 6.07 Å². The first-order chi connectivity index (χ1) is 9.02. The number of pyridine rings is 1.